The van der Waals surface area contributed by atoms with Gasteiger partial charge < -0.3 is 4.74 Å². The van der Waals surface area contributed by atoms with Gasteiger partial charge in [-0.05, 0) is 26.2 Å². The molecule has 1 saturated heterocycles. The molecule has 1 aliphatic heterocycles. The fourth-order valence-corrected chi connectivity index (χ4v) is 1.28. The molecule has 2 heteroatoms. The monoisotopic (exact) mass is 142 g/mol. The van der Waals surface area contributed by atoms with E-state index in [-0.39, 0.29) is 18.0 Å². The smallest absolute Gasteiger partial charge is 0.309 e. The van der Waals surface area contributed by atoms with Crippen molar-refractivity contribution in [2.24, 2.45) is 5.92 Å². The first kappa shape index (κ1) is 7.58. The molecule has 2 nitrogen and oxygen atoms in total. The summed E-state index contributed by atoms with van der Waals surface area (Å²) in [4.78, 5) is 11.0. The molecule has 1 aliphatic rings. The van der Waals surface area contributed by atoms with E-state index in [1.807, 2.05) is 13.8 Å². The van der Waals surface area contributed by atoms with E-state index < -0.39 is 0 Å². The van der Waals surface area contributed by atoms with Gasteiger partial charge in [-0.15, -0.1) is 0 Å². The lowest BCUT2D eigenvalue weighted by Crippen LogP contribution is -2.28. The molecule has 0 radical (unpaired) electrons. The summed E-state index contributed by atoms with van der Waals surface area (Å²) in [5, 5.41) is 0. The highest BCUT2D eigenvalue weighted by molar-refractivity contribution is 5.73. The Labute approximate surface area is 61.6 Å². The fraction of sp³-hybridized carbons (Fsp3) is 0.875. The molecule has 0 amide bonds. The number of carbonyl (C=O) groups excluding carboxylic acids is 1. The molecule has 1 rings (SSSR count). The van der Waals surface area contributed by atoms with Crippen molar-refractivity contribution in [1.29, 1.82) is 0 Å². The van der Waals surface area contributed by atoms with Gasteiger partial charge in [0.25, 0.3) is 0 Å². The third-order valence-electron chi connectivity index (χ3n) is 2.07. The maximum absolute atomic E-state index is 11.0. The van der Waals surface area contributed by atoms with Crippen LogP contribution < -0.4 is 0 Å². The van der Waals surface area contributed by atoms with Crippen molar-refractivity contribution in [3.05, 3.63) is 0 Å². The Morgan fingerprint density at radius 2 is 2.30 bits per heavy atom. The number of cyclic esters (lactones) is 1. The van der Waals surface area contributed by atoms with E-state index in [0.717, 1.165) is 19.3 Å². The summed E-state index contributed by atoms with van der Waals surface area (Å²) in [5.74, 6) is 0.178. The van der Waals surface area contributed by atoms with Gasteiger partial charge in [-0.1, -0.05) is 6.92 Å². The zero-order valence-corrected chi connectivity index (χ0v) is 6.59. The molecule has 10 heavy (non-hydrogen) atoms. The predicted molar refractivity (Wildman–Crippen MR) is 38.6 cm³/mol. The molecule has 58 valence electrons. The zero-order chi connectivity index (χ0) is 7.56. The number of rotatable bonds is 1. The molecule has 1 heterocycles. The highest BCUT2D eigenvalue weighted by atomic mass is 16.5. The van der Waals surface area contributed by atoms with Gasteiger partial charge >= 0.3 is 5.97 Å². The number of hydrogen-bond acceptors (Lipinski definition) is 2. The lowest BCUT2D eigenvalue weighted by molar-refractivity contribution is -0.159. The van der Waals surface area contributed by atoms with Crippen molar-refractivity contribution in [2.45, 2.75) is 39.2 Å². The van der Waals surface area contributed by atoms with Crippen LogP contribution >= 0.6 is 0 Å². The molecule has 0 aromatic heterocycles. The Morgan fingerprint density at radius 1 is 1.60 bits per heavy atom. The van der Waals surface area contributed by atoms with E-state index in [1.165, 1.54) is 0 Å². The minimum Gasteiger partial charge on any atom is -0.462 e. The Kier molecular flexibility index (Phi) is 2.30. The van der Waals surface area contributed by atoms with Gasteiger partial charge in [0, 0.05) is 0 Å². The Morgan fingerprint density at radius 3 is 2.80 bits per heavy atom. The quantitative estimate of drug-likeness (QED) is 0.521. The fourth-order valence-electron chi connectivity index (χ4n) is 1.28. The molecule has 2 atom stereocenters. The largest absolute Gasteiger partial charge is 0.462 e. The predicted octanol–water partition coefficient (Wildman–Crippen LogP) is 1.74. The molecule has 0 aliphatic carbocycles. The normalized spacial score (nSPS) is 33.6. The van der Waals surface area contributed by atoms with E-state index in [2.05, 4.69) is 0 Å². The van der Waals surface area contributed by atoms with Crippen LogP contribution in [0.15, 0.2) is 0 Å². The summed E-state index contributed by atoms with van der Waals surface area (Å²) in [6, 6.07) is 0. The summed E-state index contributed by atoms with van der Waals surface area (Å²) >= 11 is 0. The number of esters is 1. The van der Waals surface area contributed by atoms with Crippen LogP contribution in [0.2, 0.25) is 0 Å². The van der Waals surface area contributed by atoms with Crippen LogP contribution in [0.1, 0.15) is 33.1 Å². The maximum Gasteiger partial charge on any atom is 0.309 e. The van der Waals surface area contributed by atoms with Crippen LogP contribution in [0.3, 0.4) is 0 Å². The third kappa shape index (κ3) is 1.49. The molecule has 0 aromatic rings. The molecule has 1 fully saturated rings. The van der Waals surface area contributed by atoms with Crippen molar-refractivity contribution in [1.82, 2.24) is 0 Å². The summed E-state index contributed by atoms with van der Waals surface area (Å²) in [7, 11) is 0. The van der Waals surface area contributed by atoms with Gasteiger partial charge in [-0.2, -0.15) is 0 Å². The Bertz CT molecular complexity index is 131. The SMILES string of the molecule is CCC1CCC(C)OC1=O. The van der Waals surface area contributed by atoms with E-state index >= 15 is 0 Å². The van der Waals surface area contributed by atoms with Crippen LogP contribution in [-0.4, -0.2) is 12.1 Å². The molecule has 0 bridgehead atoms. The Balaban J connectivity index is 2.43. The van der Waals surface area contributed by atoms with Crippen LogP contribution in [-0.2, 0) is 9.53 Å². The van der Waals surface area contributed by atoms with Crippen molar-refractivity contribution >= 4 is 5.97 Å². The lowest BCUT2D eigenvalue weighted by atomic mass is 9.96. The standard InChI is InChI=1S/C8H14O2/c1-3-7-5-4-6(2)10-8(7)9/h6-7H,3-5H2,1-2H3. The van der Waals surface area contributed by atoms with E-state index in [9.17, 15) is 4.79 Å². The van der Waals surface area contributed by atoms with Crippen LogP contribution in [0.5, 0.6) is 0 Å². The number of hydrogen-bond donors (Lipinski definition) is 0. The zero-order valence-electron chi connectivity index (χ0n) is 6.59. The molecule has 0 saturated carbocycles. The van der Waals surface area contributed by atoms with Crippen molar-refractivity contribution in [3.8, 4) is 0 Å². The third-order valence-corrected chi connectivity index (χ3v) is 2.07. The van der Waals surface area contributed by atoms with Gasteiger partial charge in [0.1, 0.15) is 0 Å². The summed E-state index contributed by atoms with van der Waals surface area (Å²) in [6.45, 7) is 3.98. The van der Waals surface area contributed by atoms with Crippen LogP contribution in [0.4, 0.5) is 0 Å². The first-order chi connectivity index (χ1) is 4.74. The van der Waals surface area contributed by atoms with E-state index in [0.29, 0.717) is 0 Å². The van der Waals surface area contributed by atoms with Gasteiger partial charge in [0.05, 0.1) is 12.0 Å². The number of ether oxygens (including phenoxy) is 1. The van der Waals surface area contributed by atoms with Crippen LogP contribution in [0.25, 0.3) is 0 Å². The summed E-state index contributed by atoms with van der Waals surface area (Å²) in [6.07, 6.45) is 3.11. The van der Waals surface area contributed by atoms with E-state index in [4.69, 9.17) is 4.74 Å². The summed E-state index contributed by atoms with van der Waals surface area (Å²) < 4.78 is 5.05. The van der Waals surface area contributed by atoms with Gasteiger partial charge in [0.2, 0.25) is 0 Å². The molecule has 0 aromatic carbocycles. The molecule has 0 spiro atoms. The first-order valence-electron chi connectivity index (χ1n) is 3.94. The van der Waals surface area contributed by atoms with Crippen molar-refractivity contribution in [2.75, 3.05) is 0 Å². The van der Waals surface area contributed by atoms with Gasteiger partial charge in [-0.3, -0.25) is 4.79 Å². The van der Waals surface area contributed by atoms with Crippen LogP contribution in [0, 0.1) is 5.92 Å². The molecule has 0 N–H and O–H groups in total. The topological polar surface area (TPSA) is 26.3 Å². The van der Waals surface area contributed by atoms with Gasteiger partial charge in [-0.25, -0.2) is 0 Å². The second kappa shape index (κ2) is 3.04. The van der Waals surface area contributed by atoms with Gasteiger partial charge in [0.15, 0.2) is 0 Å². The minimum atomic E-state index is 0.00116. The highest BCUT2D eigenvalue weighted by Gasteiger charge is 2.25. The second-order valence-electron chi connectivity index (χ2n) is 2.93. The molecule has 2 unspecified atom stereocenters. The average Bonchev–Trinajstić information content (AvgIpc) is 1.88. The molecular formula is C8H14O2. The van der Waals surface area contributed by atoms with Crippen molar-refractivity contribution in [3.63, 3.8) is 0 Å². The maximum atomic E-state index is 11.0. The van der Waals surface area contributed by atoms with E-state index in [1.54, 1.807) is 0 Å². The Hall–Kier alpha value is -0.530. The lowest BCUT2D eigenvalue weighted by Gasteiger charge is -2.24. The highest BCUT2D eigenvalue weighted by Crippen LogP contribution is 2.21. The average molecular weight is 142 g/mol. The van der Waals surface area contributed by atoms with Crippen molar-refractivity contribution < 1.29 is 9.53 Å². The first-order valence-corrected chi connectivity index (χ1v) is 3.94. The minimum absolute atomic E-state index is 0.00116. The number of carbonyl (C=O) groups is 1. The second-order valence-corrected chi connectivity index (χ2v) is 2.93. The summed E-state index contributed by atoms with van der Waals surface area (Å²) in [5.41, 5.74) is 0. The molecular weight excluding hydrogens is 128 g/mol.